The number of anilines is 1. The summed E-state index contributed by atoms with van der Waals surface area (Å²) in [4.78, 5) is 2.46. The summed E-state index contributed by atoms with van der Waals surface area (Å²) < 4.78 is 5.29. The van der Waals surface area contributed by atoms with Gasteiger partial charge in [0.1, 0.15) is 5.75 Å². The molecular formula is C14H22N2O. The normalized spacial score (nSPS) is 25.5. The number of nitrogens with zero attached hydrogens (tertiary/aromatic N) is 1. The third-order valence-electron chi connectivity index (χ3n) is 3.48. The second-order valence-electron chi connectivity index (χ2n) is 4.84. The molecule has 1 saturated heterocycles. The average molecular weight is 234 g/mol. The molecule has 1 aromatic rings. The third kappa shape index (κ3) is 2.91. The SMILES string of the molecule is COc1cccc(N2CCC(C)NCC2C)c1. The van der Waals surface area contributed by atoms with Gasteiger partial charge in [0.2, 0.25) is 0 Å². The first kappa shape index (κ1) is 12.2. The molecule has 3 nitrogen and oxygen atoms in total. The monoisotopic (exact) mass is 234 g/mol. The fourth-order valence-electron chi connectivity index (χ4n) is 2.31. The lowest BCUT2D eigenvalue weighted by atomic mass is 10.2. The van der Waals surface area contributed by atoms with Crippen LogP contribution in [-0.2, 0) is 0 Å². The predicted molar refractivity (Wildman–Crippen MR) is 71.9 cm³/mol. The fraction of sp³-hybridized carbons (Fsp3) is 0.571. The summed E-state index contributed by atoms with van der Waals surface area (Å²) in [5.41, 5.74) is 1.26. The molecule has 1 aliphatic rings. The van der Waals surface area contributed by atoms with Crippen molar-refractivity contribution in [3.63, 3.8) is 0 Å². The van der Waals surface area contributed by atoms with Crippen molar-refractivity contribution in [2.75, 3.05) is 25.1 Å². The molecule has 0 bridgehead atoms. The maximum absolute atomic E-state index is 5.29. The van der Waals surface area contributed by atoms with Gasteiger partial charge in [0.05, 0.1) is 7.11 Å². The van der Waals surface area contributed by atoms with Crippen molar-refractivity contribution < 1.29 is 4.74 Å². The van der Waals surface area contributed by atoms with E-state index in [0.29, 0.717) is 12.1 Å². The van der Waals surface area contributed by atoms with Crippen LogP contribution in [0.25, 0.3) is 0 Å². The largest absolute Gasteiger partial charge is 0.497 e. The highest BCUT2D eigenvalue weighted by Gasteiger charge is 2.20. The van der Waals surface area contributed by atoms with Crippen molar-refractivity contribution in [3.8, 4) is 5.75 Å². The van der Waals surface area contributed by atoms with Crippen LogP contribution in [0.1, 0.15) is 20.3 Å². The topological polar surface area (TPSA) is 24.5 Å². The maximum Gasteiger partial charge on any atom is 0.120 e. The van der Waals surface area contributed by atoms with Crippen LogP contribution >= 0.6 is 0 Å². The summed E-state index contributed by atoms with van der Waals surface area (Å²) >= 11 is 0. The number of nitrogens with one attached hydrogen (secondary N) is 1. The van der Waals surface area contributed by atoms with Gasteiger partial charge in [-0.3, -0.25) is 0 Å². The average Bonchev–Trinajstić information content (AvgIpc) is 2.52. The van der Waals surface area contributed by atoms with Gasteiger partial charge in [-0.1, -0.05) is 6.07 Å². The van der Waals surface area contributed by atoms with Crippen molar-refractivity contribution in [1.29, 1.82) is 0 Å². The minimum Gasteiger partial charge on any atom is -0.497 e. The van der Waals surface area contributed by atoms with E-state index in [1.807, 2.05) is 6.07 Å². The van der Waals surface area contributed by atoms with E-state index in [2.05, 4.69) is 42.3 Å². The first-order chi connectivity index (χ1) is 8.20. The Morgan fingerprint density at radius 2 is 2.18 bits per heavy atom. The lowest BCUT2D eigenvalue weighted by molar-refractivity contribution is 0.414. The standard InChI is InChI=1S/C14H22N2O/c1-11-7-8-16(12(2)10-15-11)13-5-4-6-14(9-13)17-3/h4-6,9,11-12,15H,7-8,10H2,1-3H3. The van der Waals surface area contributed by atoms with E-state index < -0.39 is 0 Å². The Labute approximate surface area is 104 Å². The zero-order chi connectivity index (χ0) is 12.3. The van der Waals surface area contributed by atoms with Crippen molar-refractivity contribution in [2.24, 2.45) is 0 Å². The van der Waals surface area contributed by atoms with Gasteiger partial charge in [-0.15, -0.1) is 0 Å². The second-order valence-corrected chi connectivity index (χ2v) is 4.84. The first-order valence-electron chi connectivity index (χ1n) is 6.35. The highest BCUT2D eigenvalue weighted by Crippen LogP contribution is 2.24. The van der Waals surface area contributed by atoms with Crippen LogP contribution in [0.4, 0.5) is 5.69 Å². The molecule has 17 heavy (non-hydrogen) atoms. The Balaban J connectivity index is 2.18. The zero-order valence-electron chi connectivity index (χ0n) is 10.9. The Kier molecular flexibility index (Phi) is 3.89. The number of benzene rings is 1. The first-order valence-corrected chi connectivity index (χ1v) is 6.35. The minimum absolute atomic E-state index is 0.520. The maximum atomic E-state index is 5.29. The van der Waals surface area contributed by atoms with Crippen LogP contribution in [0.5, 0.6) is 5.75 Å². The summed E-state index contributed by atoms with van der Waals surface area (Å²) in [6, 6.07) is 9.46. The van der Waals surface area contributed by atoms with Gasteiger partial charge in [-0.05, 0) is 32.4 Å². The Morgan fingerprint density at radius 3 is 2.94 bits per heavy atom. The van der Waals surface area contributed by atoms with Gasteiger partial charge < -0.3 is 15.0 Å². The van der Waals surface area contributed by atoms with Crippen LogP contribution in [0.2, 0.25) is 0 Å². The van der Waals surface area contributed by atoms with Crippen molar-refractivity contribution in [3.05, 3.63) is 24.3 Å². The smallest absolute Gasteiger partial charge is 0.120 e. The Hall–Kier alpha value is -1.22. The Bertz CT molecular complexity index is 367. The molecule has 1 heterocycles. The molecule has 3 heteroatoms. The van der Waals surface area contributed by atoms with E-state index >= 15 is 0 Å². The number of ether oxygens (including phenoxy) is 1. The Morgan fingerprint density at radius 1 is 1.35 bits per heavy atom. The molecular weight excluding hydrogens is 212 g/mol. The summed E-state index contributed by atoms with van der Waals surface area (Å²) in [6.45, 7) is 6.66. The third-order valence-corrected chi connectivity index (χ3v) is 3.48. The molecule has 2 atom stereocenters. The summed E-state index contributed by atoms with van der Waals surface area (Å²) in [6.07, 6.45) is 1.18. The lowest BCUT2D eigenvalue weighted by Gasteiger charge is -2.29. The van der Waals surface area contributed by atoms with E-state index in [-0.39, 0.29) is 0 Å². The number of rotatable bonds is 2. The van der Waals surface area contributed by atoms with Crippen molar-refractivity contribution in [2.45, 2.75) is 32.4 Å². The van der Waals surface area contributed by atoms with Gasteiger partial charge in [0, 0.05) is 36.9 Å². The molecule has 1 N–H and O–H groups in total. The van der Waals surface area contributed by atoms with E-state index in [4.69, 9.17) is 4.74 Å². The number of methoxy groups -OCH3 is 1. The highest BCUT2D eigenvalue weighted by atomic mass is 16.5. The fourth-order valence-corrected chi connectivity index (χ4v) is 2.31. The van der Waals surface area contributed by atoms with E-state index in [1.165, 1.54) is 12.1 Å². The molecule has 0 aromatic heterocycles. The van der Waals surface area contributed by atoms with E-state index in [0.717, 1.165) is 18.8 Å². The van der Waals surface area contributed by atoms with Gasteiger partial charge in [0.15, 0.2) is 0 Å². The molecule has 1 fully saturated rings. The molecule has 0 spiro atoms. The molecule has 1 aliphatic heterocycles. The second kappa shape index (κ2) is 5.41. The van der Waals surface area contributed by atoms with Gasteiger partial charge in [0.25, 0.3) is 0 Å². The highest BCUT2D eigenvalue weighted by molar-refractivity contribution is 5.51. The van der Waals surface area contributed by atoms with Crippen molar-refractivity contribution >= 4 is 5.69 Å². The summed E-state index contributed by atoms with van der Waals surface area (Å²) in [7, 11) is 1.72. The van der Waals surface area contributed by atoms with Crippen molar-refractivity contribution in [1.82, 2.24) is 5.32 Å². The molecule has 94 valence electrons. The van der Waals surface area contributed by atoms with Crippen LogP contribution in [0, 0.1) is 0 Å². The molecule has 0 saturated carbocycles. The number of hydrogen-bond donors (Lipinski definition) is 1. The quantitative estimate of drug-likeness (QED) is 0.849. The predicted octanol–water partition coefficient (Wildman–Crippen LogP) is 2.27. The molecule has 2 unspecified atom stereocenters. The lowest BCUT2D eigenvalue weighted by Crippen LogP contribution is -2.37. The van der Waals surface area contributed by atoms with Gasteiger partial charge >= 0.3 is 0 Å². The minimum atomic E-state index is 0.520. The van der Waals surface area contributed by atoms with Gasteiger partial charge in [-0.2, -0.15) is 0 Å². The molecule has 2 rings (SSSR count). The molecule has 0 amide bonds. The zero-order valence-corrected chi connectivity index (χ0v) is 10.9. The van der Waals surface area contributed by atoms with E-state index in [1.54, 1.807) is 7.11 Å². The number of hydrogen-bond acceptors (Lipinski definition) is 3. The summed E-state index contributed by atoms with van der Waals surface area (Å²) in [5.74, 6) is 0.931. The van der Waals surface area contributed by atoms with Crippen LogP contribution < -0.4 is 15.0 Å². The van der Waals surface area contributed by atoms with Gasteiger partial charge in [-0.25, -0.2) is 0 Å². The molecule has 0 radical (unpaired) electrons. The van der Waals surface area contributed by atoms with E-state index in [9.17, 15) is 0 Å². The van der Waals surface area contributed by atoms with Crippen LogP contribution in [0.3, 0.4) is 0 Å². The molecule has 1 aromatic carbocycles. The van der Waals surface area contributed by atoms with Crippen LogP contribution in [-0.4, -0.2) is 32.3 Å². The molecule has 0 aliphatic carbocycles. The summed E-state index contributed by atoms with van der Waals surface area (Å²) in [5, 5.41) is 3.55. The van der Waals surface area contributed by atoms with Crippen LogP contribution in [0.15, 0.2) is 24.3 Å².